The summed E-state index contributed by atoms with van der Waals surface area (Å²) in [5.41, 5.74) is 3.23. The summed E-state index contributed by atoms with van der Waals surface area (Å²) in [5, 5.41) is 11.7. The van der Waals surface area contributed by atoms with Gasteiger partial charge in [-0.1, -0.05) is 29.8 Å². The first-order valence-corrected chi connectivity index (χ1v) is 12.8. The van der Waals surface area contributed by atoms with Gasteiger partial charge >= 0.3 is 0 Å². The average Bonchev–Trinajstić information content (AvgIpc) is 3.36. The van der Waals surface area contributed by atoms with E-state index in [-0.39, 0.29) is 5.91 Å². The van der Waals surface area contributed by atoms with Crippen LogP contribution in [-0.4, -0.2) is 41.5 Å². The maximum absolute atomic E-state index is 13.9. The number of rotatable bonds is 8. The van der Waals surface area contributed by atoms with E-state index in [0.717, 1.165) is 11.1 Å². The lowest BCUT2D eigenvalue weighted by Crippen LogP contribution is -2.31. The number of hydrogen-bond donors (Lipinski definition) is 2. The van der Waals surface area contributed by atoms with Crippen molar-refractivity contribution in [3.63, 3.8) is 0 Å². The fourth-order valence-corrected chi connectivity index (χ4v) is 4.67. The van der Waals surface area contributed by atoms with Gasteiger partial charge in [-0.05, 0) is 67.9 Å². The number of carbonyl (C=O) groups excluding carboxylic acids is 1. The van der Waals surface area contributed by atoms with Crippen molar-refractivity contribution < 1.29 is 19.0 Å². The molecule has 0 fully saturated rings. The summed E-state index contributed by atoms with van der Waals surface area (Å²) in [6.45, 7) is 4.24. The number of hydrogen-bond acceptors (Lipinski definition) is 7. The molecule has 1 aliphatic heterocycles. The van der Waals surface area contributed by atoms with Crippen molar-refractivity contribution in [1.82, 2.24) is 14.8 Å². The topological polar surface area (TPSA) is 99.5 Å². The highest BCUT2D eigenvalue weighted by Crippen LogP contribution is 2.40. The Balaban J connectivity index is 1.62. The molecule has 10 heteroatoms. The molecular formula is C29H28ClN5O4. The van der Waals surface area contributed by atoms with Gasteiger partial charge in [0.05, 0.1) is 32.1 Å². The molecule has 9 nitrogen and oxygen atoms in total. The van der Waals surface area contributed by atoms with Crippen LogP contribution >= 0.6 is 11.6 Å². The number of anilines is 2. The number of methoxy groups -OCH3 is 2. The standard InChI is InChI=1S/C29H28ClN5O4/c1-5-39-23-15-12-19(16-24(23)38-4)26-25(28(36)32-21-8-6-7-9-22(21)37-3)17(2)31-29-33-27(34-35(26)29)18-10-13-20(30)14-11-18/h6-16,26H,5H2,1-4H3,(H,32,36)(H,31,33,34). The molecule has 0 bridgehead atoms. The molecule has 3 aromatic carbocycles. The summed E-state index contributed by atoms with van der Waals surface area (Å²) in [4.78, 5) is 18.6. The molecule has 0 radical (unpaired) electrons. The second kappa shape index (κ2) is 11.1. The molecule has 0 saturated carbocycles. The highest BCUT2D eigenvalue weighted by atomic mass is 35.5. The van der Waals surface area contributed by atoms with Crippen molar-refractivity contribution in [2.45, 2.75) is 19.9 Å². The zero-order valence-corrected chi connectivity index (χ0v) is 22.7. The number of ether oxygens (including phenoxy) is 3. The molecule has 1 aliphatic rings. The molecule has 39 heavy (non-hydrogen) atoms. The van der Waals surface area contributed by atoms with E-state index in [9.17, 15) is 4.79 Å². The van der Waals surface area contributed by atoms with Crippen molar-refractivity contribution in [1.29, 1.82) is 0 Å². The summed E-state index contributed by atoms with van der Waals surface area (Å²) in [5.74, 6) is 2.41. The van der Waals surface area contributed by atoms with Crippen LogP contribution in [0.4, 0.5) is 11.6 Å². The summed E-state index contributed by atoms with van der Waals surface area (Å²) >= 11 is 6.09. The maximum Gasteiger partial charge on any atom is 0.255 e. The number of nitrogens with zero attached hydrogens (tertiary/aromatic N) is 3. The summed E-state index contributed by atoms with van der Waals surface area (Å²) < 4.78 is 18.5. The van der Waals surface area contributed by atoms with Gasteiger partial charge in [-0.3, -0.25) is 4.79 Å². The van der Waals surface area contributed by atoms with Gasteiger partial charge in [0.2, 0.25) is 5.95 Å². The normalized spacial score (nSPS) is 14.3. The number of carbonyl (C=O) groups is 1. The van der Waals surface area contributed by atoms with Crippen LogP contribution in [0, 0.1) is 0 Å². The first-order valence-electron chi connectivity index (χ1n) is 12.4. The zero-order valence-electron chi connectivity index (χ0n) is 22.0. The monoisotopic (exact) mass is 545 g/mol. The lowest BCUT2D eigenvalue weighted by molar-refractivity contribution is -0.113. The van der Waals surface area contributed by atoms with E-state index >= 15 is 0 Å². The van der Waals surface area contributed by atoms with Crippen LogP contribution in [-0.2, 0) is 4.79 Å². The van der Waals surface area contributed by atoms with Crippen LogP contribution < -0.4 is 24.8 Å². The second-order valence-corrected chi connectivity index (χ2v) is 9.21. The summed E-state index contributed by atoms with van der Waals surface area (Å²) in [7, 11) is 3.15. The number of amides is 1. The van der Waals surface area contributed by atoms with Gasteiger partial charge < -0.3 is 24.8 Å². The minimum atomic E-state index is -0.617. The molecule has 1 unspecified atom stereocenters. The molecule has 0 spiro atoms. The lowest BCUT2D eigenvalue weighted by atomic mass is 9.94. The van der Waals surface area contributed by atoms with Crippen molar-refractivity contribution in [2.75, 3.05) is 31.5 Å². The molecule has 2 N–H and O–H groups in total. The van der Waals surface area contributed by atoms with Crippen LogP contribution in [0.15, 0.2) is 78.0 Å². The fourth-order valence-electron chi connectivity index (χ4n) is 4.54. The average molecular weight is 546 g/mol. The van der Waals surface area contributed by atoms with Crippen LogP contribution in [0.25, 0.3) is 11.4 Å². The Kier molecular flexibility index (Phi) is 7.42. The first kappa shape index (κ1) is 26.1. The van der Waals surface area contributed by atoms with E-state index in [1.54, 1.807) is 43.2 Å². The molecule has 200 valence electrons. The molecule has 0 saturated heterocycles. The largest absolute Gasteiger partial charge is 0.495 e. The number of aromatic nitrogens is 3. The van der Waals surface area contributed by atoms with Crippen molar-refractivity contribution in [2.24, 2.45) is 0 Å². The number of nitrogens with one attached hydrogen (secondary N) is 2. The molecular weight excluding hydrogens is 518 g/mol. The predicted octanol–water partition coefficient (Wildman–Crippen LogP) is 5.94. The van der Waals surface area contributed by atoms with Gasteiger partial charge in [0.1, 0.15) is 11.8 Å². The van der Waals surface area contributed by atoms with Crippen molar-refractivity contribution in [3.05, 3.63) is 88.6 Å². The Hall–Kier alpha value is -4.50. The van der Waals surface area contributed by atoms with Gasteiger partial charge in [0.15, 0.2) is 17.3 Å². The minimum Gasteiger partial charge on any atom is -0.495 e. The Morgan fingerprint density at radius 2 is 1.77 bits per heavy atom. The second-order valence-electron chi connectivity index (χ2n) is 8.77. The van der Waals surface area contributed by atoms with Crippen molar-refractivity contribution in [3.8, 4) is 28.6 Å². The van der Waals surface area contributed by atoms with Crippen LogP contribution in [0.5, 0.6) is 17.2 Å². The highest BCUT2D eigenvalue weighted by molar-refractivity contribution is 6.30. The third-order valence-corrected chi connectivity index (χ3v) is 6.61. The fraction of sp³-hybridized carbons (Fsp3) is 0.207. The number of halogens is 1. The zero-order chi connectivity index (χ0) is 27.5. The van der Waals surface area contributed by atoms with Gasteiger partial charge in [-0.2, -0.15) is 4.98 Å². The van der Waals surface area contributed by atoms with Crippen LogP contribution in [0.1, 0.15) is 25.5 Å². The number of benzene rings is 3. The Morgan fingerprint density at radius 1 is 1.03 bits per heavy atom. The van der Waals surface area contributed by atoms with E-state index in [1.807, 2.05) is 56.3 Å². The van der Waals surface area contributed by atoms with Gasteiger partial charge in [0.25, 0.3) is 5.91 Å². The van der Waals surface area contributed by atoms with E-state index < -0.39 is 6.04 Å². The van der Waals surface area contributed by atoms with Gasteiger partial charge in [-0.15, -0.1) is 5.10 Å². The number of para-hydroxylation sites is 2. The number of fused-ring (bicyclic) bond motifs is 1. The quantitative estimate of drug-likeness (QED) is 0.282. The third-order valence-electron chi connectivity index (χ3n) is 6.36. The SMILES string of the molecule is CCOc1ccc(C2C(C(=O)Nc3ccccc3OC)=C(C)Nc3nc(-c4ccc(Cl)cc4)nn32)cc1OC. The molecule has 2 heterocycles. The smallest absolute Gasteiger partial charge is 0.255 e. The van der Waals surface area contributed by atoms with Crippen LogP contribution in [0.3, 0.4) is 0 Å². The van der Waals surface area contributed by atoms with E-state index in [0.29, 0.717) is 57.6 Å². The summed E-state index contributed by atoms with van der Waals surface area (Å²) in [6, 6.07) is 19.5. The van der Waals surface area contributed by atoms with E-state index in [1.165, 1.54) is 0 Å². The predicted molar refractivity (Wildman–Crippen MR) is 151 cm³/mol. The Morgan fingerprint density at radius 3 is 2.49 bits per heavy atom. The van der Waals surface area contributed by atoms with Gasteiger partial charge in [-0.25, -0.2) is 4.68 Å². The van der Waals surface area contributed by atoms with Gasteiger partial charge in [0, 0.05) is 16.3 Å². The summed E-state index contributed by atoms with van der Waals surface area (Å²) in [6.07, 6.45) is 0. The Labute approximate surface area is 231 Å². The van der Waals surface area contributed by atoms with E-state index in [2.05, 4.69) is 10.6 Å². The Bertz CT molecular complexity index is 1550. The third kappa shape index (κ3) is 5.13. The molecule has 4 aromatic rings. The first-order chi connectivity index (χ1) is 18.9. The minimum absolute atomic E-state index is 0.309. The highest BCUT2D eigenvalue weighted by Gasteiger charge is 2.35. The lowest BCUT2D eigenvalue weighted by Gasteiger charge is -2.29. The van der Waals surface area contributed by atoms with Crippen LogP contribution in [0.2, 0.25) is 5.02 Å². The number of allylic oxidation sites excluding steroid dienone is 1. The van der Waals surface area contributed by atoms with E-state index in [4.69, 9.17) is 35.9 Å². The molecule has 1 aromatic heterocycles. The van der Waals surface area contributed by atoms with Crippen molar-refractivity contribution >= 4 is 29.1 Å². The maximum atomic E-state index is 13.9. The molecule has 1 amide bonds. The molecule has 5 rings (SSSR count). The molecule has 1 atom stereocenters. The molecule has 0 aliphatic carbocycles.